The predicted octanol–water partition coefficient (Wildman–Crippen LogP) is 3.63. The van der Waals surface area contributed by atoms with Gasteiger partial charge in [-0.25, -0.2) is 0 Å². The standard InChI is InChI=1S/C19H20N6O2/c1-12-7-8-17(27-3)16(9-12)23-19-24-18(11-20-25-19)22-15-6-4-5-14(10-15)21-13(2)26/h4-11H,1-3H3,(H,21,26)(H2,22,23,24,25). The van der Waals surface area contributed by atoms with E-state index in [0.717, 1.165) is 16.9 Å². The van der Waals surface area contributed by atoms with Gasteiger partial charge < -0.3 is 20.7 Å². The number of rotatable bonds is 6. The summed E-state index contributed by atoms with van der Waals surface area (Å²) < 4.78 is 5.35. The Morgan fingerprint density at radius 1 is 1.07 bits per heavy atom. The smallest absolute Gasteiger partial charge is 0.249 e. The molecular formula is C19H20N6O2. The number of hydrogen-bond acceptors (Lipinski definition) is 7. The number of nitrogens with zero attached hydrogens (tertiary/aromatic N) is 3. The molecule has 1 aromatic heterocycles. The van der Waals surface area contributed by atoms with E-state index in [0.29, 0.717) is 23.2 Å². The van der Waals surface area contributed by atoms with Crippen molar-refractivity contribution >= 4 is 34.7 Å². The Hall–Kier alpha value is -3.68. The molecule has 27 heavy (non-hydrogen) atoms. The number of benzene rings is 2. The fourth-order valence-electron chi connectivity index (χ4n) is 2.48. The number of aryl methyl sites for hydroxylation is 1. The van der Waals surface area contributed by atoms with Crippen LogP contribution in [0.15, 0.2) is 48.7 Å². The Labute approximate surface area is 157 Å². The average Bonchev–Trinajstić information content (AvgIpc) is 2.62. The molecule has 0 saturated heterocycles. The van der Waals surface area contributed by atoms with Crippen LogP contribution in [0.4, 0.5) is 28.8 Å². The molecule has 0 spiro atoms. The Balaban J connectivity index is 1.78. The molecule has 3 aromatic rings. The summed E-state index contributed by atoms with van der Waals surface area (Å²) >= 11 is 0. The maximum Gasteiger partial charge on any atom is 0.249 e. The van der Waals surface area contributed by atoms with Crippen LogP contribution < -0.4 is 20.7 Å². The topological polar surface area (TPSA) is 101 Å². The first kappa shape index (κ1) is 18.1. The van der Waals surface area contributed by atoms with Gasteiger partial charge in [0.25, 0.3) is 0 Å². The summed E-state index contributed by atoms with van der Waals surface area (Å²) in [5, 5.41) is 17.0. The highest BCUT2D eigenvalue weighted by Gasteiger charge is 2.07. The fourth-order valence-corrected chi connectivity index (χ4v) is 2.48. The number of ether oxygens (including phenoxy) is 1. The SMILES string of the molecule is COc1ccc(C)cc1Nc1nncc(Nc2cccc(NC(C)=O)c2)n1. The van der Waals surface area contributed by atoms with Crippen molar-refractivity contribution in [2.45, 2.75) is 13.8 Å². The molecule has 0 atom stereocenters. The molecule has 3 rings (SSSR count). The zero-order valence-corrected chi connectivity index (χ0v) is 15.3. The van der Waals surface area contributed by atoms with Crippen molar-refractivity contribution in [3.05, 3.63) is 54.2 Å². The molecule has 2 aromatic carbocycles. The molecule has 0 saturated carbocycles. The van der Waals surface area contributed by atoms with Gasteiger partial charge in [0.05, 0.1) is 19.0 Å². The van der Waals surface area contributed by atoms with Gasteiger partial charge in [0.2, 0.25) is 11.9 Å². The quantitative estimate of drug-likeness (QED) is 0.614. The number of amides is 1. The molecule has 8 heteroatoms. The van der Waals surface area contributed by atoms with Crippen LogP contribution >= 0.6 is 0 Å². The Kier molecular flexibility index (Phi) is 5.46. The molecule has 3 N–H and O–H groups in total. The second-order valence-electron chi connectivity index (χ2n) is 5.88. The van der Waals surface area contributed by atoms with Crippen LogP contribution in [-0.2, 0) is 4.79 Å². The zero-order valence-electron chi connectivity index (χ0n) is 15.3. The van der Waals surface area contributed by atoms with Gasteiger partial charge in [-0.3, -0.25) is 4.79 Å². The van der Waals surface area contributed by atoms with Crippen molar-refractivity contribution in [3.8, 4) is 5.75 Å². The van der Waals surface area contributed by atoms with Gasteiger partial charge in [-0.15, -0.1) is 5.10 Å². The lowest BCUT2D eigenvalue weighted by molar-refractivity contribution is -0.114. The van der Waals surface area contributed by atoms with E-state index in [4.69, 9.17) is 4.74 Å². The third kappa shape index (κ3) is 4.91. The average molecular weight is 364 g/mol. The van der Waals surface area contributed by atoms with Crippen molar-refractivity contribution in [2.24, 2.45) is 0 Å². The number of aromatic nitrogens is 3. The molecule has 138 valence electrons. The fraction of sp³-hybridized carbons (Fsp3) is 0.158. The van der Waals surface area contributed by atoms with Gasteiger partial charge in [-0.2, -0.15) is 10.1 Å². The van der Waals surface area contributed by atoms with Crippen LogP contribution in [0.1, 0.15) is 12.5 Å². The minimum absolute atomic E-state index is 0.130. The first-order valence-electron chi connectivity index (χ1n) is 8.29. The molecule has 1 amide bonds. The van der Waals surface area contributed by atoms with E-state index in [-0.39, 0.29) is 5.91 Å². The maximum absolute atomic E-state index is 11.2. The summed E-state index contributed by atoms with van der Waals surface area (Å²) in [5.74, 6) is 1.40. The number of methoxy groups -OCH3 is 1. The summed E-state index contributed by atoms with van der Waals surface area (Å²) in [7, 11) is 1.61. The minimum Gasteiger partial charge on any atom is -0.495 e. The second-order valence-corrected chi connectivity index (χ2v) is 5.88. The van der Waals surface area contributed by atoms with Gasteiger partial charge in [-0.1, -0.05) is 12.1 Å². The first-order chi connectivity index (χ1) is 13.0. The molecular weight excluding hydrogens is 344 g/mol. The summed E-state index contributed by atoms with van der Waals surface area (Å²) in [6.07, 6.45) is 1.52. The lowest BCUT2D eigenvalue weighted by Gasteiger charge is -2.12. The largest absolute Gasteiger partial charge is 0.495 e. The molecule has 1 heterocycles. The van der Waals surface area contributed by atoms with Gasteiger partial charge in [0, 0.05) is 18.3 Å². The van der Waals surface area contributed by atoms with E-state index in [2.05, 4.69) is 31.1 Å². The van der Waals surface area contributed by atoms with Crippen LogP contribution in [-0.4, -0.2) is 28.2 Å². The maximum atomic E-state index is 11.2. The summed E-state index contributed by atoms with van der Waals surface area (Å²) in [5.41, 5.74) is 3.29. The van der Waals surface area contributed by atoms with E-state index in [1.807, 2.05) is 43.3 Å². The van der Waals surface area contributed by atoms with Crippen LogP contribution in [0.25, 0.3) is 0 Å². The van der Waals surface area contributed by atoms with E-state index in [1.54, 1.807) is 13.2 Å². The number of hydrogen-bond donors (Lipinski definition) is 3. The predicted molar refractivity (Wildman–Crippen MR) is 105 cm³/mol. The highest BCUT2D eigenvalue weighted by Crippen LogP contribution is 2.27. The first-order valence-corrected chi connectivity index (χ1v) is 8.29. The number of nitrogens with one attached hydrogen (secondary N) is 3. The van der Waals surface area contributed by atoms with Gasteiger partial charge in [0.1, 0.15) is 5.75 Å². The van der Waals surface area contributed by atoms with E-state index >= 15 is 0 Å². The molecule has 0 bridgehead atoms. The molecule has 0 aliphatic heterocycles. The highest BCUT2D eigenvalue weighted by atomic mass is 16.5. The Bertz CT molecular complexity index is 960. The van der Waals surface area contributed by atoms with Crippen molar-refractivity contribution in [2.75, 3.05) is 23.1 Å². The number of carbonyl (C=O) groups excluding carboxylic acids is 1. The van der Waals surface area contributed by atoms with Crippen molar-refractivity contribution in [1.82, 2.24) is 15.2 Å². The minimum atomic E-state index is -0.130. The second kappa shape index (κ2) is 8.13. The molecule has 0 unspecified atom stereocenters. The third-order valence-corrected chi connectivity index (χ3v) is 3.62. The van der Waals surface area contributed by atoms with E-state index < -0.39 is 0 Å². The van der Waals surface area contributed by atoms with Crippen molar-refractivity contribution in [1.29, 1.82) is 0 Å². The summed E-state index contributed by atoms with van der Waals surface area (Å²) in [4.78, 5) is 15.6. The Morgan fingerprint density at radius 3 is 2.67 bits per heavy atom. The van der Waals surface area contributed by atoms with Crippen molar-refractivity contribution < 1.29 is 9.53 Å². The van der Waals surface area contributed by atoms with Gasteiger partial charge in [0.15, 0.2) is 5.82 Å². The van der Waals surface area contributed by atoms with Crippen molar-refractivity contribution in [3.63, 3.8) is 0 Å². The lowest BCUT2D eigenvalue weighted by Crippen LogP contribution is -2.06. The van der Waals surface area contributed by atoms with Crippen LogP contribution in [0.2, 0.25) is 0 Å². The number of carbonyl (C=O) groups is 1. The molecule has 0 aliphatic rings. The third-order valence-electron chi connectivity index (χ3n) is 3.62. The normalized spacial score (nSPS) is 10.2. The molecule has 0 aliphatic carbocycles. The van der Waals surface area contributed by atoms with Gasteiger partial charge in [-0.05, 0) is 42.8 Å². The Morgan fingerprint density at radius 2 is 1.89 bits per heavy atom. The highest BCUT2D eigenvalue weighted by molar-refractivity contribution is 5.89. The van der Waals surface area contributed by atoms with E-state index in [9.17, 15) is 4.79 Å². The summed E-state index contributed by atoms with van der Waals surface area (Å²) in [6.45, 7) is 3.45. The lowest BCUT2D eigenvalue weighted by atomic mass is 10.2. The number of anilines is 5. The van der Waals surface area contributed by atoms with Crippen LogP contribution in [0.3, 0.4) is 0 Å². The van der Waals surface area contributed by atoms with Crippen LogP contribution in [0, 0.1) is 6.92 Å². The van der Waals surface area contributed by atoms with E-state index in [1.165, 1.54) is 13.1 Å². The zero-order chi connectivity index (χ0) is 19.2. The van der Waals surface area contributed by atoms with Gasteiger partial charge >= 0.3 is 0 Å². The molecule has 0 fully saturated rings. The summed E-state index contributed by atoms with van der Waals surface area (Å²) in [6, 6.07) is 13.1. The molecule has 8 nitrogen and oxygen atoms in total. The monoisotopic (exact) mass is 364 g/mol. The molecule has 0 radical (unpaired) electrons. The van der Waals surface area contributed by atoms with Crippen LogP contribution in [0.5, 0.6) is 5.75 Å².